The van der Waals surface area contributed by atoms with Gasteiger partial charge in [0.2, 0.25) is 0 Å². The van der Waals surface area contributed by atoms with E-state index >= 15 is 0 Å². The lowest BCUT2D eigenvalue weighted by molar-refractivity contribution is -0.0522. The van der Waals surface area contributed by atoms with E-state index in [0.29, 0.717) is 18.7 Å². The average Bonchev–Trinajstić information content (AvgIpc) is 2.89. The van der Waals surface area contributed by atoms with E-state index in [0.717, 1.165) is 36.0 Å². The molecule has 0 aromatic heterocycles. The van der Waals surface area contributed by atoms with Crippen LogP contribution in [-0.4, -0.2) is 42.5 Å². The number of ether oxygens (including phenoxy) is 1. The van der Waals surface area contributed by atoms with Gasteiger partial charge in [0.15, 0.2) is 5.78 Å². The number of ketones is 1. The number of rotatable bonds is 3. The third kappa shape index (κ3) is 2.91. The van der Waals surface area contributed by atoms with Crippen molar-refractivity contribution in [3.05, 3.63) is 34.3 Å². The quantitative estimate of drug-likeness (QED) is 0.801. The van der Waals surface area contributed by atoms with Crippen LogP contribution in [-0.2, 0) is 4.74 Å². The van der Waals surface area contributed by atoms with Crippen LogP contribution in [0.2, 0.25) is 0 Å². The Kier molecular flexibility index (Phi) is 4.01. The predicted molar refractivity (Wildman–Crippen MR) is 77.4 cm³/mol. The molecular formula is C15H18BrNO2. The van der Waals surface area contributed by atoms with Crippen LogP contribution >= 0.6 is 15.9 Å². The van der Waals surface area contributed by atoms with E-state index in [9.17, 15) is 4.79 Å². The number of Topliss-reactive ketones (excluding diaryl/α,β-unsaturated/α-hetero) is 1. The minimum atomic E-state index is 0.208. The molecule has 1 aliphatic heterocycles. The van der Waals surface area contributed by atoms with Gasteiger partial charge in [0.1, 0.15) is 0 Å². The topological polar surface area (TPSA) is 29.5 Å². The van der Waals surface area contributed by atoms with Crippen LogP contribution in [0.3, 0.4) is 0 Å². The summed E-state index contributed by atoms with van der Waals surface area (Å²) in [6.45, 7) is 2.16. The number of carbonyl (C=O) groups is 1. The van der Waals surface area contributed by atoms with Gasteiger partial charge in [-0.1, -0.05) is 28.1 Å². The zero-order chi connectivity index (χ0) is 13.2. The van der Waals surface area contributed by atoms with Crippen LogP contribution in [0.1, 0.15) is 29.6 Å². The van der Waals surface area contributed by atoms with E-state index in [1.54, 1.807) is 0 Å². The molecule has 1 aromatic rings. The molecule has 0 amide bonds. The number of hydrogen-bond donors (Lipinski definition) is 0. The number of carbonyl (C=O) groups excluding carboxylic acids is 1. The highest BCUT2D eigenvalue weighted by atomic mass is 79.9. The molecule has 4 heteroatoms. The lowest BCUT2D eigenvalue weighted by Crippen LogP contribution is -2.50. The molecule has 0 spiro atoms. The molecule has 2 fully saturated rings. The van der Waals surface area contributed by atoms with Gasteiger partial charge in [-0.25, -0.2) is 0 Å². The molecule has 2 unspecified atom stereocenters. The summed E-state index contributed by atoms with van der Waals surface area (Å²) in [6, 6.07) is 8.07. The van der Waals surface area contributed by atoms with Gasteiger partial charge >= 0.3 is 0 Å². The Morgan fingerprint density at radius 1 is 1.32 bits per heavy atom. The fourth-order valence-electron chi connectivity index (χ4n) is 3.11. The van der Waals surface area contributed by atoms with Gasteiger partial charge in [-0.15, -0.1) is 0 Å². The molecule has 19 heavy (non-hydrogen) atoms. The Morgan fingerprint density at radius 2 is 2.11 bits per heavy atom. The van der Waals surface area contributed by atoms with E-state index < -0.39 is 0 Å². The molecule has 102 valence electrons. The van der Waals surface area contributed by atoms with Gasteiger partial charge in [-0.05, 0) is 31.4 Å². The first-order valence-electron chi connectivity index (χ1n) is 6.88. The number of benzene rings is 1. The summed E-state index contributed by atoms with van der Waals surface area (Å²) in [5.41, 5.74) is 0.796. The van der Waals surface area contributed by atoms with Crippen molar-refractivity contribution in [2.24, 2.45) is 0 Å². The average molecular weight is 324 g/mol. The van der Waals surface area contributed by atoms with Gasteiger partial charge in [-0.2, -0.15) is 0 Å². The number of nitrogens with zero attached hydrogens (tertiary/aromatic N) is 1. The van der Waals surface area contributed by atoms with Crippen molar-refractivity contribution in [3.63, 3.8) is 0 Å². The zero-order valence-corrected chi connectivity index (χ0v) is 12.4. The van der Waals surface area contributed by atoms with Crippen LogP contribution in [0.5, 0.6) is 0 Å². The van der Waals surface area contributed by atoms with E-state index in [4.69, 9.17) is 4.74 Å². The highest BCUT2D eigenvalue weighted by molar-refractivity contribution is 9.10. The van der Waals surface area contributed by atoms with E-state index in [2.05, 4.69) is 20.8 Å². The molecule has 3 nitrogen and oxygen atoms in total. The van der Waals surface area contributed by atoms with Crippen molar-refractivity contribution in [3.8, 4) is 0 Å². The standard InChI is InChI=1S/C15H18BrNO2/c16-12-6-4-11(5-7-12)14(18)10-17-8-9-19-15-3-1-2-13(15)17/h4-7,13,15H,1-3,8-10H2. The van der Waals surface area contributed by atoms with E-state index in [-0.39, 0.29) is 5.78 Å². The van der Waals surface area contributed by atoms with E-state index in [1.165, 1.54) is 6.42 Å². The molecule has 1 aromatic carbocycles. The third-order valence-electron chi connectivity index (χ3n) is 4.11. The predicted octanol–water partition coefficient (Wildman–Crippen LogP) is 2.89. The number of hydrogen-bond acceptors (Lipinski definition) is 3. The van der Waals surface area contributed by atoms with Crippen molar-refractivity contribution in [2.75, 3.05) is 19.7 Å². The second kappa shape index (κ2) is 5.73. The Labute approximate surface area is 122 Å². The monoisotopic (exact) mass is 323 g/mol. The van der Waals surface area contributed by atoms with Gasteiger partial charge in [-0.3, -0.25) is 9.69 Å². The summed E-state index contributed by atoms with van der Waals surface area (Å²) in [7, 11) is 0. The molecule has 2 atom stereocenters. The van der Waals surface area contributed by atoms with Crippen molar-refractivity contribution in [2.45, 2.75) is 31.4 Å². The molecular weight excluding hydrogens is 306 g/mol. The first kappa shape index (κ1) is 13.3. The van der Waals surface area contributed by atoms with Crippen LogP contribution in [0, 0.1) is 0 Å². The summed E-state index contributed by atoms with van der Waals surface area (Å²) in [6.07, 6.45) is 3.89. The second-order valence-corrected chi connectivity index (χ2v) is 6.22. The van der Waals surface area contributed by atoms with Crippen LogP contribution in [0.4, 0.5) is 0 Å². The Bertz CT molecular complexity index is 460. The fraction of sp³-hybridized carbons (Fsp3) is 0.533. The second-order valence-electron chi connectivity index (χ2n) is 5.31. The van der Waals surface area contributed by atoms with Crippen molar-refractivity contribution in [1.82, 2.24) is 4.90 Å². The fourth-order valence-corrected chi connectivity index (χ4v) is 3.38. The number of morpholine rings is 1. The summed E-state index contributed by atoms with van der Waals surface area (Å²) in [5, 5.41) is 0. The maximum Gasteiger partial charge on any atom is 0.176 e. The van der Waals surface area contributed by atoms with Gasteiger partial charge in [0, 0.05) is 22.6 Å². The summed E-state index contributed by atoms with van der Waals surface area (Å²) >= 11 is 3.39. The third-order valence-corrected chi connectivity index (χ3v) is 4.64. The maximum atomic E-state index is 12.3. The normalized spacial score (nSPS) is 27.2. The first-order valence-corrected chi connectivity index (χ1v) is 7.68. The highest BCUT2D eigenvalue weighted by Gasteiger charge is 2.36. The summed E-state index contributed by atoms with van der Waals surface area (Å²) < 4.78 is 6.78. The molecule has 0 bridgehead atoms. The largest absolute Gasteiger partial charge is 0.375 e. The lowest BCUT2D eigenvalue weighted by Gasteiger charge is -2.37. The van der Waals surface area contributed by atoms with Crippen molar-refractivity contribution < 1.29 is 9.53 Å². The Balaban J connectivity index is 1.67. The molecule has 0 radical (unpaired) electrons. The SMILES string of the molecule is O=C(CN1CCOC2CCCC21)c1ccc(Br)cc1. The first-order chi connectivity index (χ1) is 9.24. The molecule has 1 saturated carbocycles. The van der Waals surface area contributed by atoms with Gasteiger partial charge in [0.25, 0.3) is 0 Å². The number of halogens is 1. The van der Waals surface area contributed by atoms with Crippen LogP contribution in [0.15, 0.2) is 28.7 Å². The minimum Gasteiger partial charge on any atom is -0.375 e. The van der Waals surface area contributed by atoms with E-state index in [1.807, 2.05) is 24.3 Å². The summed E-state index contributed by atoms with van der Waals surface area (Å²) in [4.78, 5) is 14.6. The molecule has 0 N–H and O–H groups in total. The zero-order valence-electron chi connectivity index (χ0n) is 10.8. The van der Waals surface area contributed by atoms with Gasteiger partial charge in [0.05, 0.1) is 19.3 Å². The highest BCUT2D eigenvalue weighted by Crippen LogP contribution is 2.29. The maximum absolute atomic E-state index is 12.3. The van der Waals surface area contributed by atoms with Crippen molar-refractivity contribution in [1.29, 1.82) is 0 Å². The Morgan fingerprint density at radius 3 is 2.89 bits per heavy atom. The molecule has 1 aliphatic carbocycles. The minimum absolute atomic E-state index is 0.208. The smallest absolute Gasteiger partial charge is 0.176 e. The number of fused-ring (bicyclic) bond motifs is 1. The Hall–Kier alpha value is -0.710. The van der Waals surface area contributed by atoms with Crippen molar-refractivity contribution >= 4 is 21.7 Å². The molecule has 3 rings (SSSR count). The molecule has 2 aliphatic rings. The van der Waals surface area contributed by atoms with Crippen LogP contribution in [0.25, 0.3) is 0 Å². The molecule has 1 saturated heterocycles. The lowest BCUT2D eigenvalue weighted by atomic mass is 10.1. The van der Waals surface area contributed by atoms with Gasteiger partial charge < -0.3 is 4.74 Å². The summed E-state index contributed by atoms with van der Waals surface area (Å²) in [5.74, 6) is 0.208. The molecule has 1 heterocycles. The van der Waals surface area contributed by atoms with Crippen LogP contribution < -0.4 is 0 Å².